The first-order valence-electron chi connectivity index (χ1n) is 4.93. The largest absolute Gasteiger partial charge is 0.466 e. The van der Waals surface area contributed by atoms with Crippen molar-refractivity contribution in [3.05, 3.63) is 35.9 Å². The summed E-state index contributed by atoms with van der Waals surface area (Å²) >= 11 is 0. The Hall–Kier alpha value is -1.64. The van der Waals surface area contributed by atoms with Crippen molar-refractivity contribution in [2.45, 2.75) is 19.3 Å². The van der Waals surface area contributed by atoms with Gasteiger partial charge in [0.1, 0.15) is 6.29 Å². The molecule has 0 aliphatic heterocycles. The summed E-state index contributed by atoms with van der Waals surface area (Å²) < 4.78 is 4.80. The number of esters is 1. The molecule has 3 nitrogen and oxygen atoms in total. The van der Waals surface area contributed by atoms with E-state index in [9.17, 15) is 9.59 Å². The van der Waals surface area contributed by atoms with Crippen molar-refractivity contribution in [2.75, 3.05) is 6.61 Å². The van der Waals surface area contributed by atoms with E-state index in [1.165, 1.54) is 0 Å². The Balaban J connectivity index is 2.65. The second-order valence-corrected chi connectivity index (χ2v) is 3.16. The fourth-order valence-electron chi connectivity index (χ4n) is 1.34. The number of carbonyl (C=O) groups excluding carboxylic acids is 2. The zero-order valence-corrected chi connectivity index (χ0v) is 8.68. The lowest BCUT2D eigenvalue weighted by molar-refractivity contribution is -0.144. The zero-order valence-electron chi connectivity index (χ0n) is 8.68. The highest BCUT2D eigenvalue weighted by atomic mass is 16.5. The average Bonchev–Trinajstić information content (AvgIpc) is 2.27. The fourth-order valence-corrected chi connectivity index (χ4v) is 1.34. The van der Waals surface area contributed by atoms with Gasteiger partial charge >= 0.3 is 5.97 Å². The van der Waals surface area contributed by atoms with Crippen LogP contribution in [0.3, 0.4) is 0 Å². The van der Waals surface area contributed by atoms with Crippen LogP contribution in [0.25, 0.3) is 0 Å². The van der Waals surface area contributed by atoms with Gasteiger partial charge in [-0.05, 0) is 12.5 Å². The van der Waals surface area contributed by atoms with Gasteiger partial charge in [-0.2, -0.15) is 0 Å². The first kappa shape index (κ1) is 11.4. The smallest absolute Gasteiger partial charge is 0.306 e. The summed E-state index contributed by atoms with van der Waals surface area (Å²) in [5, 5.41) is 0. The van der Waals surface area contributed by atoms with Crippen LogP contribution in [0.1, 0.15) is 24.8 Å². The van der Waals surface area contributed by atoms with E-state index in [4.69, 9.17) is 4.74 Å². The molecule has 0 amide bonds. The number of ether oxygens (including phenoxy) is 1. The number of rotatable bonds is 5. The van der Waals surface area contributed by atoms with Gasteiger partial charge in [0.15, 0.2) is 0 Å². The Bertz CT molecular complexity index is 319. The van der Waals surface area contributed by atoms with Crippen molar-refractivity contribution in [1.29, 1.82) is 0 Å². The van der Waals surface area contributed by atoms with Crippen LogP contribution in [0, 0.1) is 0 Å². The van der Waals surface area contributed by atoms with Crippen LogP contribution in [0.5, 0.6) is 0 Å². The predicted molar refractivity (Wildman–Crippen MR) is 56.5 cm³/mol. The highest BCUT2D eigenvalue weighted by Gasteiger charge is 2.15. The van der Waals surface area contributed by atoms with E-state index in [-0.39, 0.29) is 12.4 Å². The number of benzene rings is 1. The van der Waals surface area contributed by atoms with Gasteiger partial charge in [0.25, 0.3) is 0 Å². The number of aldehydes is 1. The zero-order chi connectivity index (χ0) is 11.1. The summed E-state index contributed by atoms with van der Waals surface area (Å²) in [5.74, 6) is -0.733. The molecule has 0 spiro atoms. The minimum Gasteiger partial charge on any atom is -0.466 e. The molecule has 1 unspecified atom stereocenters. The SMILES string of the molecule is CCOC(=O)CC(C=O)c1ccccc1. The van der Waals surface area contributed by atoms with Crippen molar-refractivity contribution in [3.8, 4) is 0 Å². The average molecular weight is 206 g/mol. The third kappa shape index (κ3) is 3.54. The van der Waals surface area contributed by atoms with E-state index in [0.717, 1.165) is 11.8 Å². The number of hydrogen-bond acceptors (Lipinski definition) is 3. The molecular formula is C12H14O3. The van der Waals surface area contributed by atoms with Gasteiger partial charge in [-0.15, -0.1) is 0 Å². The molecule has 1 atom stereocenters. The van der Waals surface area contributed by atoms with Gasteiger partial charge in [0.05, 0.1) is 18.9 Å². The Labute approximate surface area is 89.1 Å². The Kier molecular flexibility index (Phi) is 4.54. The van der Waals surface area contributed by atoms with Crippen LogP contribution < -0.4 is 0 Å². The number of carbonyl (C=O) groups is 2. The lowest BCUT2D eigenvalue weighted by Gasteiger charge is -2.09. The van der Waals surface area contributed by atoms with E-state index >= 15 is 0 Å². The quantitative estimate of drug-likeness (QED) is 0.546. The van der Waals surface area contributed by atoms with E-state index in [1.807, 2.05) is 30.3 Å². The maximum atomic E-state index is 11.2. The molecule has 1 aromatic carbocycles. The topological polar surface area (TPSA) is 43.4 Å². The third-order valence-electron chi connectivity index (χ3n) is 2.08. The summed E-state index contributed by atoms with van der Waals surface area (Å²) in [6.07, 6.45) is 0.896. The maximum Gasteiger partial charge on any atom is 0.306 e. The van der Waals surface area contributed by atoms with E-state index < -0.39 is 5.92 Å². The van der Waals surface area contributed by atoms with E-state index in [2.05, 4.69) is 0 Å². The lowest BCUT2D eigenvalue weighted by atomic mass is 9.97. The summed E-state index contributed by atoms with van der Waals surface area (Å²) in [7, 11) is 0. The highest BCUT2D eigenvalue weighted by Crippen LogP contribution is 2.17. The molecule has 15 heavy (non-hydrogen) atoms. The first-order valence-corrected chi connectivity index (χ1v) is 4.93. The molecule has 0 N–H and O–H groups in total. The van der Waals surface area contributed by atoms with Crippen molar-refractivity contribution in [1.82, 2.24) is 0 Å². The Morgan fingerprint density at radius 1 is 1.40 bits per heavy atom. The van der Waals surface area contributed by atoms with Crippen molar-refractivity contribution in [3.63, 3.8) is 0 Å². The van der Waals surface area contributed by atoms with E-state index in [0.29, 0.717) is 6.61 Å². The van der Waals surface area contributed by atoms with Crippen molar-refractivity contribution in [2.24, 2.45) is 0 Å². The molecule has 0 aliphatic rings. The number of hydrogen-bond donors (Lipinski definition) is 0. The molecule has 0 aromatic heterocycles. The Morgan fingerprint density at radius 2 is 2.07 bits per heavy atom. The van der Waals surface area contributed by atoms with Crippen LogP contribution in [-0.4, -0.2) is 18.9 Å². The molecule has 3 heteroatoms. The van der Waals surface area contributed by atoms with Crippen molar-refractivity contribution < 1.29 is 14.3 Å². The summed E-state index contributed by atoms with van der Waals surface area (Å²) in [4.78, 5) is 22.0. The molecule has 0 bridgehead atoms. The Morgan fingerprint density at radius 3 is 2.60 bits per heavy atom. The molecule has 0 heterocycles. The summed E-state index contributed by atoms with van der Waals surface area (Å²) in [6.45, 7) is 2.09. The maximum absolute atomic E-state index is 11.2. The van der Waals surface area contributed by atoms with Crippen LogP contribution in [0.2, 0.25) is 0 Å². The van der Waals surface area contributed by atoms with Crippen LogP contribution in [-0.2, 0) is 14.3 Å². The molecule has 80 valence electrons. The van der Waals surface area contributed by atoms with Gasteiger partial charge in [-0.1, -0.05) is 30.3 Å². The molecule has 1 aromatic rings. The van der Waals surface area contributed by atoms with Crippen LogP contribution >= 0.6 is 0 Å². The summed E-state index contributed by atoms with van der Waals surface area (Å²) in [6, 6.07) is 9.22. The van der Waals surface area contributed by atoms with Gasteiger partial charge < -0.3 is 9.53 Å². The second kappa shape index (κ2) is 5.96. The normalized spacial score (nSPS) is 11.8. The monoisotopic (exact) mass is 206 g/mol. The third-order valence-corrected chi connectivity index (χ3v) is 2.08. The first-order chi connectivity index (χ1) is 7.27. The molecule has 0 aliphatic carbocycles. The molecule has 0 saturated heterocycles. The van der Waals surface area contributed by atoms with Gasteiger partial charge in [-0.3, -0.25) is 4.79 Å². The molecule has 1 rings (SSSR count). The molecule has 0 radical (unpaired) electrons. The lowest BCUT2D eigenvalue weighted by Crippen LogP contribution is -2.11. The minimum atomic E-state index is -0.398. The molecule has 0 saturated carbocycles. The molecular weight excluding hydrogens is 192 g/mol. The van der Waals surface area contributed by atoms with E-state index in [1.54, 1.807) is 6.92 Å². The van der Waals surface area contributed by atoms with Crippen molar-refractivity contribution >= 4 is 12.3 Å². The van der Waals surface area contributed by atoms with Gasteiger partial charge in [-0.25, -0.2) is 0 Å². The second-order valence-electron chi connectivity index (χ2n) is 3.16. The van der Waals surface area contributed by atoms with Crippen LogP contribution in [0.15, 0.2) is 30.3 Å². The standard InChI is InChI=1S/C12H14O3/c1-2-15-12(14)8-11(9-13)10-6-4-3-5-7-10/h3-7,9,11H,2,8H2,1H3. The fraction of sp³-hybridized carbons (Fsp3) is 0.333. The van der Waals surface area contributed by atoms with Crippen LogP contribution in [0.4, 0.5) is 0 Å². The van der Waals surface area contributed by atoms with Gasteiger partial charge in [0.2, 0.25) is 0 Å². The highest BCUT2D eigenvalue weighted by molar-refractivity contribution is 5.76. The van der Waals surface area contributed by atoms with Gasteiger partial charge in [0, 0.05) is 0 Å². The minimum absolute atomic E-state index is 0.112. The summed E-state index contributed by atoms with van der Waals surface area (Å²) in [5.41, 5.74) is 0.848. The predicted octanol–water partition coefficient (Wildman–Crippen LogP) is 1.92. The molecule has 0 fully saturated rings.